The van der Waals surface area contributed by atoms with Crippen molar-refractivity contribution in [1.82, 2.24) is 4.90 Å². The van der Waals surface area contributed by atoms with E-state index in [4.69, 9.17) is 0 Å². The van der Waals surface area contributed by atoms with Gasteiger partial charge in [-0.25, -0.2) is 0 Å². The van der Waals surface area contributed by atoms with E-state index in [2.05, 4.69) is 4.90 Å². The van der Waals surface area contributed by atoms with Gasteiger partial charge in [-0.15, -0.1) is 0 Å². The maximum absolute atomic E-state index is 12.3. The van der Waals surface area contributed by atoms with E-state index in [0.717, 1.165) is 17.5 Å². The number of carboxylic acid groups (broad SMARTS) is 1. The smallest absolute Gasteiger partial charge is 0.313 e. The first-order valence-electron chi connectivity index (χ1n) is 13.3. The Morgan fingerprint density at radius 2 is 1.27 bits per heavy atom. The summed E-state index contributed by atoms with van der Waals surface area (Å²) in [6.07, 6.45) is 2.62. The maximum Gasteiger partial charge on any atom is 0.313 e. The average Bonchev–Trinajstić information content (AvgIpc) is 2.93. The first-order valence-corrected chi connectivity index (χ1v) is 13.3. The monoisotopic (exact) mass is 501 g/mol. The predicted molar refractivity (Wildman–Crippen MR) is 146 cm³/mol. The number of hydrogen-bond donors (Lipinski definition) is 3. The van der Waals surface area contributed by atoms with Crippen molar-refractivity contribution in [2.75, 3.05) is 13.1 Å². The summed E-state index contributed by atoms with van der Waals surface area (Å²) in [7, 11) is 0. The summed E-state index contributed by atoms with van der Waals surface area (Å²) < 4.78 is 0. The van der Waals surface area contributed by atoms with Gasteiger partial charge in [-0.05, 0) is 55.7 Å². The molecule has 3 aromatic carbocycles. The zero-order valence-corrected chi connectivity index (χ0v) is 22.1. The van der Waals surface area contributed by atoms with Crippen LogP contribution in [0.25, 0.3) is 0 Å². The van der Waals surface area contributed by atoms with Crippen molar-refractivity contribution in [2.45, 2.75) is 63.2 Å². The van der Waals surface area contributed by atoms with Crippen molar-refractivity contribution < 1.29 is 20.1 Å². The van der Waals surface area contributed by atoms with Crippen molar-refractivity contribution in [3.05, 3.63) is 107 Å². The molecule has 0 aliphatic carbocycles. The number of nitrogens with zero attached hydrogens (tertiary/aromatic N) is 1. The lowest BCUT2D eigenvalue weighted by Gasteiger charge is -2.48. The Labute approximate surface area is 220 Å². The van der Waals surface area contributed by atoms with Crippen molar-refractivity contribution in [2.24, 2.45) is 5.92 Å². The molecule has 3 N–H and O–H groups in total. The van der Waals surface area contributed by atoms with E-state index in [0.29, 0.717) is 43.5 Å². The molecule has 0 spiro atoms. The van der Waals surface area contributed by atoms with Gasteiger partial charge in [0.05, 0.1) is 5.41 Å². The number of carboxylic acids is 1. The molecule has 1 heterocycles. The first-order chi connectivity index (χ1) is 17.7. The number of rotatable bonds is 9. The zero-order chi connectivity index (χ0) is 26.7. The molecule has 0 saturated carbocycles. The molecule has 0 radical (unpaired) electrons. The van der Waals surface area contributed by atoms with Gasteiger partial charge < -0.3 is 15.3 Å². The van der Waals surface area contributed by atoms with Crippen LogP contribution in [0.5, 0.6) is 0 Å². The van der Waals surface area contributed by atoms with E-state index < -0.39 is 22.7 Å². The molecule has 196 valence electrons. The van der Waals surface area contributed by atoms with Crippen molar-refractivity contribution in [1.29, 1.82) is 0 Å². The van der Waals surface area contributed by atoms with Gasteiger partial charge in [-0.3, -0.25) is 9.69 Å². The Hall–Kier alpha value is -2.99. The number of hydrogen-bond acceptors (Lipinski definition) is 4. The SMILES string of the molecule is CCCC(O)(c1ccccc1C(C)(C)C(=O)O)N1CCC(C(O)(c2ccccc2)c2ccccc2)CC1. The summed E-state index contributed by atoms with van der Waals surface area (Å²) in [6.45, 7) is 6.58. The Kier molecular flexibility index (Phi) is 7.88. The van der Waals surface area contributed by atoms with Gasteiger partial charge >= 0.3 is 5.97 Å². The van der Waals surface area contributed by atoms with Crippen LogP contribution >= 0.6 is 0 Å². The minimum absolute atomic E-state index is 0.0369. The highest BCUT2D eigenvalue weighted by atomic mass is 16.4. The highest BCUT2D eigenvalue weighted by molar-refractivity contribution is 5.81. The zero-order valence-electron chi connectivity index (χ0n) is 22.1. The van der Waals surface area contributed by atoms with Gasteiger partial charge in [-0.2, -0.15) is 0 Å². The van der Waals surface area contributed by atoms with Crippen LogP contribution in [-0.2, 0) is 21.5 Å². The van der Waals surface area contributed by atoms with Crippen LogP contribution < -0.4 is 0 Å². The molecule has 0 amide bonds. The average molecular weight is 502 g/mol. The number of aliphatic carboxylic acids is 1. The Bertz CT molecular complexity index is 1150. The van der Waals surface area contributed by atoms with E-state index in [1.807, 2.05) is 91.9 Å². The van der Waals surface area contributed by atoms with E-state index in [-0.39, 0.29) is 5.92 Å². The number of carbonyl (C=O) groups is 1. The molecular weight excluding hydrogens is 462 g/mol. The van der Waals surface area contributed by atoms with Gasteiger partial charge in [0.15, 0.2) is 0 Å². The van der Waals surface area contributed by atoms with Crippen LogP contribution in [0.15, 0.2) is 84.9 Å². The number of piperidine rings is 1. The fourth-order valence-electron chi connectivity index (χ4n) is 5.99. The molecule has 1 atom stereocenters. The third-order valence-corrected chi connectivity index (χ3v) is 8.20. The second-order valence-electron chi connectivity index (χ2n) is 10.8. The molecule has 5 nitrogen and oxygen atoms in total. The highest BCUT2D eigenvalue weighted by Crippen LogP contribution is 2.45. The van der Waals surface area contributed by atoms with Crippen LogP contribution in [-0.4, -0.2) is 39.3 Å². The largest absolute Gasteiger partial charge is 0.481 e. The van der Waals surface area contributed by atoms with E-state index in [9.17, 15) is 20.1 Å². The predicted octanol–water partition coefficient (Wildman–Crippen LogP) is 5.64. The van der Waals surface area contributed by atoms with Gasteiger partial charge in [0.1, 0.15) is 11.3 Å². The third kappa shape index (κ3) is 4.96. The topological polar surface area (TPSA) is 81.0 Å². The molecule has 1 saturated heterocycles. The third-order valence-electron chi connectivity index (χ3n) is 8.20. The molecule has 1 unspecified atom stereocenters. The molecule has 1 fully saturated rings. The molecule has 0 aromatic heterocycles. The Morgan fingerprint density at radius 1 is 0.811 bits per heavy atom. The highest BCUT2D eigenvalue weighted by Gasteiger charge is 2.47. The lowest BCUT2D eigenvalue weighted by molar-refractivity contribution is -0.148. The second-order valence-corrected chi connectivity index (χ2v) is 10.8. The van der Waals surface area contributed by atoms with Crippen molar-refractivity contribution in [3.63, 3.8) is 0 Å². The molecule has 1 aliphatic rings. The lowest BCUT2D eigenvalue weighted by atomic mass is 9.71. The van der Waals surface area contributed by atoms with Crippen molar-refractivity contribution >= 4 is 5.97 Å². The molecule has 0 bridgehead atoms. The Balaban J connectivity index is 1.68. The summed E-state index contributed by atoms with van der Waals surface area (Å²) in [5.74, 6) is -0.960. The van der Waals surface area contributed by atoms with Crippen LogP contribution in [0.3, 0.4) is 0 Å². The standard InChI is InChI=1S/C32H39NO4/c1-4-21-31(36,28-18-12-11-17-27(28)30(2,3)29(34)35)33-22-19-26(20-23-33)32(37,24-13-7-5-8-14-24)25-15-9-6-10-16-25/h5-18,26,36-37H,4,19-23H2,1-3H3,(H,34,35). The maximum atomic E-state index is 12.3. The molecular formula is C32H39NO4. The first kappa shape index (κ1) is 27.1. The molecule has 5 heteroatoms. The van der Waals surface area contributed by atoms with E-state index in [1.165, 1.54) is 0 Å². The normalized spacial score (nSPS) is 17.3. The number of aliphatic hydroxyl groups is 2. The molecule has 1 aliphatic heterocycles. The summed E-state index contributed by atoms with van der Waals surface area (Å²) in [5.41, 5.74) is -0.539. The van der Waals surface area contributed by atoms with Gasteiger partial charge in [-0.1, -0.05) is 98.3 Å². The lowest BCUT2D eigenvalue weighted by Crippen LogP contribution is -2.53. The fraction of sp³-hybridized carbons (Fsp3) is 0.406. The summed E-state index contributed by atoms with van der Waals surface area (Å²) >= 11 is 0. The minimum Gasteiger partial charge on any atom is -0.481 e. The second kappa shape index (κ2) is 10.8. The van der Waals surface area contributed by atoms with Crippen LogP contribution in [0.2, 0.25) is 0 Å². The molecule has 4 rings (SSSR count). The quantitative estimate of drug-likeness (QED) is 0.353. The molecule has 3 aromatic rings. The summed E-state index contributed by atoms with van der Waals surface area (Å²) in [4.78, 5) is 14.2. The van der Waals surface area contributed by atoms with Crippen LogP contribution in [0, 0.1) is 5.92 Å². The Morgan fingerprint density at radius 3 is 1.73 bits per heavy atom. The van der Waals surface area contributed by atoms with Crippen LogP contribution in [0.1, 0.15) is 68.7 Å². The summed E-state index contributed by atoms with van der Waals surface area (Å²) in [5, 5.41) is 34.4. The molecule has 37 heavy (non-hydrogen) atoms. The van der Waals surface area contributed by atoms with Crippen LogP contribution in [0.4, 0.5) is 0 Å². The van der Waals surface area contributed by atoms with Gasteiger partial charge in [0, 0.05) is 18.7 Å². The summed E-state index contributed by atoms with van der Waals surface area (Å²) in [6, 6.07) is 27.1. The van der Waals surface area contributed by atoms with Gasteiger partial charge in [0.25, 0.3) is 0 Å². The number of likely N-dealkylation sites (tertiary alicyclic amines) is 1. The van der Waals surface area contributed by atoms with E-state index in [1.54, 1.807) is 13.8 Å². The van der Waals surface area contributed by atoms with Gasteiger partial charge in [0.2, 0.25) is 0 Å². The van der Waals surface area contributed by atoms with E-state index >= 15 is 0 Å². The van der Waals surface area contributed by atoms with Crippen molar-refractivity contribution in [3.8, 4) is 0 Å². The number of benzene rings is 3. The fourth-order valence-corrected chi connectivity index (χ4v) is 5.99. The minimum atomic E-state index is -1.29.